The van der Waals surface area contributed by atoms with Crippen molar-refractivity contribution < 1.29 is 9.53 Å². The van der Waals surface area contributed by atoms with Gasteiger partial charge in [-0.3, -0.25) is 0 Å². The number of likely N-dealkylation sites (N-methyl/N-ethyl adjacent to an activating group) is 1. The van der Waals surface area contributed by atoms with E-state index < -0.39 is 5.97 Å². The van der Waals surface area contributed by atoms with Crippen molar-refractivity contribution in [3.63, 3.8) is 0 Å². The molecule has 0 N–H and O–H groups in total. The molecule has 0 spiro atoms. The maximum absolute atomic E-state index is 11.8. The second kappa shape index (κ2) is 9.43. The van der Waals surface area contributed by atoms with E-state index in [4.69, 9.17) is 27.9 Å². The van der Waals surface area contributed by atoms with Crippen LogP contribution < -0.4 is 0 Å². The molecule has 0 saturated carbocycles. The number of benzene rings is 1. The molecule has 0 unspecified atom stereocenters. The molecule has 0 aliphatic carbocycles. The molecule has 0 heterocycles. The van der Waals surface area contributed by atoms with Crippen LogP contribution in [0.4, 0.5) is 0 Å². The highest BCUT2D eigenvalue weighted by Gasteiger charge is 2.12. The third-order valence-electron chi connectivity index (χ3n) is 2.68. The zero-order valence-electron chi connectivity index (χ0n) is 11.0. The highest BCUT2D eigenvalue weighted by Crippen LogP contribution is 2.21. The van der Waals surface area contributed by atoms with Gasteiger partial charge in [0.15, 0.2) is 0 Å². The lowest BCUT2D eigenvalue weighted by molar-refractivity contribution is 0.0466. The third-order valence-corrected chi connectivity index (χ3v) is 3.25. The largest absolute Gasteiger partial charge is 0.461 e. The maximum Gasteiger partial charge on any atom is 0.339 e. The van der Waals surface area contributed by atoms with Crippen LogP contribution in [0.15, 0.2) is 18.2 Å². The van der Waals surface area contributed by atoms with Crippen LogP contribution in [0.3, 0.4) is 0 Å². The van der Waals surface area contributed by atoms with Gasteiger partial charge in [-0.1, -0.05) is 37.0 Å². The van der Waals surface area contributed by atoms with Crippen molar-refractivity contribution in [2.45, 2.75) is 13.8 Å². The second-order valence-corrected chi connectivity index (χ2v) is 4.63. The minimum absolute atomic E-state index is 0. The van der Waals surface area contributed by atoms with E-state index in [-0.39, 0.29) is 12.4 Å². The summed E-state index contributed by atoms with van der Waals surface area (Å²) in [6, 6.07) is 4.74. The molecule has 1 aromatic carbocycles. The van der Waals surface area contributed by atoms with Gasteiger partial charge in [0, 0.05) is 11.6 Å². The van der Waals surface area contributed by atoms with Gasteiger partial charge < -0.3 is 9.64 Å². The van der Waals surface area contributed by atoms with Gasteiger partial charge in [0.2, 0.25) is 0 Å². The van der Waals surface area contributed by atoms with Crippen LogP contribution in [0.5, 0.6) is 0 Å². The van der Waals surface area contributed by atoms with Crippen LogP contribution in [0, 0.1) is 0 Å². The van der Waals surface area contributed by atoms with E-state index in [0.29, 0.717) is 22.2 Å². The third kappa shape index (κ3) is 6.00. The monoisotopic (exact) mass is 325 g/mol. The molecule has 0 aliphatic heterocycles. The number of nitrogens with zero attached hydrogens (tertiary/aromatic N) is 1. The number of carbonyl (C=O) groups is 1. The number of esters is 1. The molecule has 0 aromatic heterocycles. The normalized spacial score (nSPS) is 10.2. The average molecular weight is 327 g/mol. The van der Waals surface area contributed by atoms with E-state index in [9.17, 15) is 4.79 Å². The summed E-state index contributed by atoms with van der Waals surface area (Å²) in [6.45, 7) is 7.08. The van der Waals surface area contributed by atoms with E-state index in [1.54, 1.807) is 12.1 Å². The fourth-order valence-electron chi connectivity index (χ4n) is 1.54. The Morgan fingerprint density at radius 1 is 1.26 bits per heavy atom. The standard InChI is InChI=1S/C13H17Cl2NO2.ClH/c1-3-16(4-2)7-8-18-13(17)11-9-10(14)5-6-12(11)15;/h5-6,9H,3-4,7-8H2,1-2H3;1H. The second-order valence-electron chi connectivity index (χ2n) is 3.79. The van der Waals surface area contributed by atoms with Crippen molar-refractivity contribution in [3.8, 4) is 0 Å². The lowest BCUT2D eigenvalue weighted by Crippen LogP contribution is -2.27. The van der Waals surface area contributed by atoms with Gasteiger partial charge in [-0.05, 0) is 31.3 Å². The van der Waals surface area contributed by atoms with Crippen LogP contribution in [0.2, 0.25) is 10.0 Å². The highest BCUT2D eigenvalue weighted by molar-refractivity contribution is 6.35. The van der Waals surface area contributed by atoms with Crippen LogP contribution in [-0.2, 0) is 4.74 Å². The Balaban J connectivity index is 0.00000324. The quantitative estimate of drug-likeness (QED) is 0.742. The summed E-state index contributed by atoms with van der Waals surface area (Å²) < 4.78 is 5.17. The molecule has 1 rings (SSSR count). The maximum atomic E-state index is 11.8. The molecule has 6 heteroatoms. The van der Waals surface area contributed by atoms with Gasteiger partial charge in [-0.25, -0.2) is 4.79 Å². The van der Waals surface area contributed by atoms with Crippen molar-refractivity contribution in [2.24, 2.45) is 0 Å². The molecule has 1 aromatic rings. The highest BCUT2D eigenvalue weighted by atomic mass is 35.5. The van der Waals surface area contributed by atoms with Gasteiger partial charge >= 0.3 is 5.97 Å². The fraction of sp³-hybridized carbons (Fsp3) is 0.462. The summed E-state index contributed by atoms with van der Waals surface area (Å²) in [5.74, 6) is -0.436. The van der Waals surface area contributed by atoms with Gasteiger partial charge in [-0.2, -0.15) is 0 Å². The van der Waals surface area contributed by atoms with E-state index in [2.05, 4.69) is 18.7 Å². The van der Waals surface area contributed by atoms with Crippen LogP contribution in [0.1, 0.15) is 24.2 Å². The van der Waals surface area contributed by atoms with Crippen molar-refractivity contribution >= 4 is 41.6 Å². The lowest BCUT2D eigenvalue weighted by Gasteiger charge is -2.17. The summed E-state index contributed by atoms with van der Waals surface area (Å²) in [7, 11) is 0. The zero-order valence-corrected chi connectivity index (χ0v) is 13.3. The van der Waals surface area contributed by atoms with Crippen molar-refractivity contribution in [3.05, 3.63) is 33.8 Å². The molecule has 0 bridgehead atoms. The fourth-order valence-corrected chi connectivity index (χ4v) is 1.91. The van der Waals surface area contributed by atoms with E-state index in [1.165, 1.54) is 6.07 Å². The SMILES string of the molecule is CCN(CC)CCOC(=O)c1cc(Cl)ccc1Cl.Cl. The van der Waals surface area contributed by atoms with Crippen LogP contribution in [0.25, 0.3) is 0 Å². The van der Waals surface area contributed by atoms with Gasteiger partial charge in [-0.15, -0.1) is 12.4 Å². The zero-order chi connectivity index (χ0) is 13.5. The van der Waals surface area contributed by atoms with E-state index in [1.807, 2.05) is 0 Å². The summed E-state index contributed by atoms with van der Waals surface area (Å²) in [5, 5.41) is 0.822. The Labute approximate surface area is 130 Å². The minimum Gasteiger partial charge on any atom is -0.461 e. The molecule has 19 heavy (non-hydrogen) atoms. The Kier molecular flexibility index (Phi) is 9.19. The Morgan fingerprint density at radius 2 is 1.89 bits per heavy atom. The predicted molar refractivity (Wildman–Crippen MR) is 81.8 cm³/mol. The molecular weight excluding hydrogens is 309 g/mol. The molecule has 0 atom stereocenters. The summed E-state index contributed by atoms with van der Waals surface area (Å²) >= 11 is 11.7. The summed E-state index contributed by atoms with van der Waals surface area (Å²) in [5.41, 5.74) is 0.309. The summed E-state index contributed by atoms with van der Waals surface area (Å²) in [4.78, 5) is 14.0. The van der Waals surface area contributed by atoms with E-state index >= 15 is 0 Å². The molecule has 108 valence electrons. The topological polar surface area (TPSA) is 29.5 Å². The predicted octanol–water partition coefficient (Wildman–Crippen LogP) is 3.91. The molecule has 0 amide bonds. The molecule has 3 nitrogen and oxygen atoms in total. The van der Waals surface area contributed by atoms with Crippen LogP contribution >= 0.6 is 35.6 Å². The molecule has 0 fully saturated rings. The number of halogens is 3. The first-order chi connectivity index (χ1) is 8.58. The van der Waals surface area contributed by atoms with Crippen molar-refractivity contribution in [1.29, 1.82) is 0 Å². The van der Waals surface area contributed by atoms with Crippen LogP contribution in [-0.4, -0.2) is 37.1 Å². The molecule has 0 saturated heterocycles. The number of hydrogen-bond acceptors (Lipinski definition) is 3. The minimum atomic E-state index is -0.436. The van der Waals surface area contributed by atoms with Gasteiger partial charge in [0.25, 0.3) is 0 Å². The summed E-state index contributed by atoms with van der Waals surface area (Å²) in [6.07, 6.45) is 0. The van der Waals surface area contributed by atoms with Crippen molar-refractivity contribution in [1.82, 2.24) is 4.90 Å². The van der Waals surface area contributed by atoms with Crippen molar-refractivity contribution in [2.75, 3.05) is 26.2 Å². The molecule has 0 aliphatic rings. The van der Waals surface area contributed by atoms with Gasteiger partial charge in [0.1, 0.15) is 6.61 Å². The average Bonchev–Trinajstić information content (AvgIpc) is 2.37. The first-order valence-electron chi connectivity index (χ1n) is 5.93. The smallest absolute Gasteiger partial charge is 0.339 e. The first kappa shape index (κ1) is 18.5. The Morgan fingerprint density at radius 3 is 2.47 bits per heavy atom. The molecular formula is C13H18Cl3NO2. The number of ether oxygens (including phenoxy) is 1. The van der Waals surface area contributed by atoms with Gasteiger partial charge in [0.05, 0.1) is 10.6 Å². The number of carbonyl (C=O) groups excluding carboxylic acids is 1. The lowest BCUT2D eigenvalue weighted by atomic mass is 10.2. The molecule has 0 radical (unpaired) electrons. The number of hydrogen-bond donors (Lipinski definition) is 0. The number of rotatable bonds is 6. The Bertz CT molecular complexity index is 409. The first-order valence-corrected chi connectivity index (χ1v) is 6.68. The van der Waals surface area contributed by atoms with E-state index in [0.717, 1.165) is 19.6 Å². The Hall–Kier alpha value is -0.480.